The molecule has 9 nitrogen and oxygen atoms in total. The lowest BCUT2D eigenvalue weighted by atomic mass is 9.93. The Morgan fingerprint density at radius 3 is 2.41 bits per heavy atom. The molecule has 184 valence electrons. The van der Waals surface area contributed by atoms with E-state index >= 15 is 0 Å². The number of piperidine rings is 2. The largest absolute Gasteiger partial charge is 0.360 e. The maximum absolute atomic E-state index is 13.2. The van der Waals surface area contributed by atoms with Crippen LogP contribution < -0.4 is 5.32 Å². The van der Waals surface area contributed by atoms with Crippen LogP contribution in [0.5, 0.6) is 0 Å². The van der Waals surface area contributed by atoms with Crippen molar-refractivity contribution in [3.8, 4) is 0 Å². The van der Waals surface area contributed by atoms with Crippen LogP contribution in [0.25, 0.3) is 0 Å². The highest BCUT2D eigenvalue weighted by molar-refractivity contribution is 7.89. The molecule has 0 spiro atoms. The van der Waals surface area contributed by atoms with Gasteiger partial charge in [-0.25, -0.2) is 8.42 Å². The van der Waals surface area contributed by atoms with E-state index in [0.717, 1.165) is 5.56 Å². The summed E-state index contributed by atoms with van der Waals surface area (Å²) in [7, 11) is -3.77. The van der Waals surface area contributed by atoms with Crippen LogP contribution >= 0.6 is 0 Å². The molecule has 2 aromatic rings. The van der Waals surface area contributed by atoms with E-state index in [-0.39, 0.29) is 40.9 Å². The highest BCUT2D eigenvalue weighted by atomic mass is 32.2. The third-order valence-corrected chi connectivity index (χ3v) is 8.90. The van der Waals surface area contributed by atoms with Gasteiger partial charge in [0.15, 0.2) is 5.76 Å². The van der Waals surface area contributed by atoms with Crippen LogP contribution in [0.15, 0.2) is 39.8 Å². The van der Waals surface area contributed by atoms with Crippen molar-refractivity contribution in [3.05, 3.63) is 47.3 Å². The topological polar surface area (TPSA) is 113 Å². The van der Waals surface area contributed by atoms with E-state index in [1.54, 1.807) is 18.7 Å². The zero-order valence-corrected chi connectivity index (χ0v) is 20.5. The van der Waals surface area contributed by atoms with Gasteiger partial charge >= 0.3 is 0 Å². The highest BCUT2D eigenvalue weighted by Crippen LogP contribution is 2.29. The second-order valence-electron chi connectivity index (χ2n) is 9.16. The molecular formula is C24H32N4O5S. The number of likely N-dealkylation sites (tertiary alicyclic amines) is 1. The summed E-state index contributed by atoms with van der Waals surface area (Å²) >= 11 is 0. The number of hydrogen-bond acceptors (Lipinski definition) is 6. The summed E-state index contributed by atoms with van der Waals surface area (Å²) in [6, 6.07) is 9.77. The molecule has 0 radical (unpaired) electrons. The van der Waals surface area contributed by atoms with E-state index in [0.29, 0.717) is 57.6 Å². The van der Waals surface area contributed by atoms with E-state index in [1.165, 1.54) is 4.31 Å². The Bertz CT molecular complexity index is 1100. The molecule has 3 heterocycles. The minimum Gasteiger partial charge on any atom is -0.360 e. The molecule has 2 amide bonds. The van der Waals surface area contributed by atoms with Gasteiger partial charge in [-0.1, -0.05) is 35.5 Å². The van der Waals surface area contributed by atoms with Gasteiger partial charge < -0.3 is 14.7 Å². The molecule has 2 aliphatic heterocycles. The van der Waals surface area contributed by atoms with Gasteiger partial charge in [0.05, 0.1) is 5.92 Å². The van der Waals surface area contributed by atoms with Gasteiger partial charge in [0.1, 0.15) is 10.6 Å². The van der Waals surface area contributed by atoms with Crippen molar-refractivity contribution in [3.63, 3.8) is 0 Å². The second-order valence-corrected chi connectivity index (χ2v) is 11.0. The van der Waals surface area contributed by atoms with Gasteiger partial charge in [-0.2, -0.15) is 4.31 Å². The molecule has 1 atom stereocenters. The lowest BCUT2D eigenvalue weighted by Gasteiger charge is -2.37. The van der Waals surface area contributed by atoms with Crippen LogP contribution in [0.4, 0.5) is 0 Å². The number of nitrogens with zero attached hydrogens (tertiary/aromatic N) is 3. The fraction of sp³-hybridized carbons (Fsp3) is 0.542. The van der Waals surface area contributed by atoms with E-state index in [9.17, 15) is 18.0 Å². The number of aryl methyl sites for hydroxylation is 2. The summed E-state index contributed by atoms with van der Waals surface area (Å²) in [5.41, 5.74) is 1.38. The van der Waals surface area contributed by atoms with E-state index in [4.69, 9.17) is 4.52 Å². The van der Waals surface area contributed by atoms with Crippen LogP contribution in [0, 0.1) is 25.7 Å². The molecule has 1 unspecified atom stereocenters. The molecule has 1 N–H and O–H groups in total. The first-order valence-electron chi connectivity index (χ1n) is 11.8. The lowest BCUT2D eigenvalue weighted by molar-refractivity contribution is -0.140. The molecule has 0 bridgehead atoms. The van der Waals surface area contributed by atoms with Crippen molar-refractivity contribution in [2.45, 2.75) is 51.0 Å². The standard InChI is InChI=1S/C24H32N4O5S/c1-17-22(18(2)33-26-17)34(31,32)28-12-6-9-21(16-28)24(30)27-13-10-20(11-14-27)23(29)25-15-19-7-4-3-5-8-19/h3-5,7-8,20-21H,6,9-16H2,1-2H3,(H,25,29). The molecule has 10 heteroatoms. The number of rotatable bonds is 6. The molecule has 34 heavy (non-hydrogen) atoms. The molecule has 4 rings (SSSR count). The van der Waals surface area contributed by atoms with Crippen molar-refractivity contribution < 1.29 is 22.5 Å². The summed E-state index contributed by atoms with van der Waals surface area (Å²) in [4.78, 5) is 27.7. The lowest BCUT2D eigenvalue weighted by Crippen LogP contribution is -2.49. The number of carbonyl (C=O) groups is 2. The van der Waals surface area contributed by atoms with Crippen molar-refractivity contribution >= 4 is 21.8 Å². The van der Waals surface area contributed by atoms with Crippen LogP contribution in [0.3, 0.4) is 0 Å². The maximum atomic E-state index is 13.2. The zero-order valence-electron chi connectivity index (χ0n) is 19.7. The first-order valence-corrected chi connectivity index (χ1v) is 13.2. The normalized spacial score (nSPS) is 20.3. The van der Waals surface area contributed by atoms with E-state index in [1.807, 2.05) is 30.3 Å². The number of hydrogen-bond donors (Lipinski definition) is 1. The fourth-order valence-corrected chi connectivity index (χ4v) is 6.70. The Morgan fingerprint density at radius 2 is 1.76 bits per heavy atom. The SMILES string of the molecule is Cc1noc(C)c1S(=O)(=O)N1CCCC(C(=O)N2CCC(C(=O)NCc3ccccc3)CC2)C1. The van der Waals surface area contributed by atoms with Crippen LogP contribution in [-0.4, -0.2) is 60.8 Å². The molecule has 2 fully saturated rings. The second kappa shape index (κ2) is 10.3. The van der Waals surface area contributed by atoms with Crippen molar-refractivity contribution in [1.82, 2.24) is 19.7 Å². The molecule has 1 aromatic carbocycles. The predicted octanol–water partition coefficient (Wildman–Crippen LogP) is 2.25. The number of carbonyl (C=O) groups excluding carboxylic acids is 2. The Hall–Kier alpha value is -2.72. The van der Waals surface area contributed by atoms with Gasteiger partial charge in [0.25, 0.3) is 0 Å². The van der Waals surface area contributed by atoms with Crippen LogP contribution in [0.2, 0.25) is 0 Å². The number of aromatic nitrogens is 1. The average molecular weight is 489 g/mol. The highest BCUT2D eigenvalue weighted by Gasteiger charge is 2.38. The Morgan fingerprint density at radius 1 is 1.06 bits per heavy atom. The van der Waals surface area contributed by atoms with Gasteiger partial charge in [0.2, 0.25) is 21.8 Å². The van der Waals surface area contributed by atoms with Gasteiger partial charge in [0, 0.05) is 38.6 Å². The fourth-order valence-electron chi connectivity index (χ4n) is 4.88. The Balaban J connectivity index is 1.31. The Labute approximate surface area is 200 Å². The molecule has 2 saturated heterocycles. The zero-order chi connectivity index (χ0) is 24.3. The number of benzene rings is 1. The predicted molar refractivity (Wildman–Crippen MR) is 125 cm³/mol. The molecule has 1 aromatic heterocycles. The first kappa shape index (κ1) is 24.4. The van der Waals surface area contributed by atoms with Crippen LogP contribution in [0.1, 0.15) is 42.7 Å². The van der Waals surface area contributed by atoms with Crippen molar-refractivity contribution in [2.24, 2.45) is 11.8 Å². The third-order valence-electron chi connectivity index (χ3n) is 6.79. The smallest absolute Gasteiger partial charge is 0.248 e. The molecular weight excluding hydrogens is 456 g/mol. The molecule has 2 aliphatic rings. The summed E-state index contributed by atoms with van der Waals surface area (Å²) in [5, 5.41) is 6.76. The number of amides is 2. The molecule has 0 saturated carbocycles. The minimum absolute atomic E-state index is 0.0188. The average Bonchev–Trinajstić information content (AvgIpc) is 3.21. The minimum atomic E-state index is -3.77. The Kier molecular flexibility index (Phi) is 7.37. The third kappa shape index (κ3) is 5.17. The number of sulfonamides is 1. The van der Waals surface area contributed by atoms with Crippen molar-refractivity contribution in [1.29, 1.82) is 0 Å². The van der Waals surface area contributed by atoms with Gasteiger partial charge in [-0.15, -0.1) is 0 Å². The summed E-state index contributed by atoms with van der Waals surface area (Å²) in [6.07, 6.45) is 2.50. The molecule has 0 aliphatic carbocycles. The summed E-state index contributed by atoms with van der Waals surface area (Å²) in [5.74, 6) is -0.242. The quantitative estimate of drug-likeness (QED) is 0.667. The summed E-state index contributed by atoms with van der Waals surface area (Å²) in [6.45, 7) is 5.24. The van der Waals surface area contributed by atoms with Crippen molar-refractivity contribution in [2.75, 3.05) is 26.2 Å². The summed E-state index contributed by atoms with van der Waals surface area (Å²) < 4.78 is 32.8. The number of nitrogens with one attached hydrogen (secondary N) is 1. The maximum Gasteiger partial charge on any atom is 0.248 e. The monoisotopic (exact) mass is 488 g/mol. The van der Waals surface area contributed by atoms with Crippen LogP contribution in [-0.2, 0) is 26.2 Å². The van der Waals surface area contributed by atoms with Gasteiger partial charge in [-0.05, 0) is 45.1 Å². The van der Waals surface area contributed by atoms with E-state index < -0.39 is 10.0 Å². The van der Waals surface area contributed by atoms with E-state index in [2.05, 4.69) is 10.5 Å². The first-order chi connectivity index (χ1) is 16.3. The van der Waals surface area contributed by atoms with Gasteiger partial charge in [-0.3, -0.25) is 9.59 Å².